The average Bonchev–Trinajstić information content (AvgIpc) is 2.43. The number of nitrogens with zero attached hydrogens (tertiary/aromatic N) is 4. The van der Waals surface area contributed by atoms with Crippen molar-refractivity contribution in [2.45, 2.75) is 12.8 Å². The summed E-state index contributed by atoms with van der Waals surface area (Å²) in [4.78, 5) is 9.09. The van der Waals surface area contributed by atoms with E-state index >= 15 is 0 Å². The van der Waals surface area contributed by atoms with Crippen molar-refractivity contribution >= 4 is 0 Å². The molecule has 0 radical (unpaired) electrons. The summed E-state index contributed by atoms with van der Waals surface area (Å²) < 4.78 is 0. The molecular formula is C16H38N4O2. The van der Waals surface area contributed by atoms with Crippen LogP contribution in [-0.4, -0.2) is 124 Å². The normalized spacial score (nSPS) is 12.3. The molecule has 2 N–H and O–H groups in total. The highest BCUT2D eigenvalue weighted by molar-refractivity contribution is 4.65. The fourth-order valence-electron chi connectivity index (χ4n) is 2.46. The first-order valence-electron chi connectivity index (χ1n) is 8.45. The van der Waals surface area contributed by atoms with E-state index in [1.54, 1.807) is 0 Å². The molecule has 0 bridgehead atoms. The summed E-state index contributed by atoms with van der Waals surface area (Å²) >= 11 is 0. The first kappa shape index (κ1) is 21.8. The first-order chi connectivity index (χ1) is 10.5. The predicted octanol–water partition coefficient (Wildman–Crippen LogP) is -0.522. The van der Waals surface area contributed by atoms with Gasteiger partial charge in [0.1, 0.15) is 0 Å². The highest BCUT2D eigenvalue weighted by atomic mass is 16.3. The highest BCUT2D eigenvalue weighted by Gasteiger charge is 2.09. The highest BCUT2D eigenvalue weighted by Crippen LogP contribution is 1.98. The summed E-state index contributed by atoms with van der Waals surface area (Å²) in [5, 5.41) is 18.2. The van der Waals surface area contributed by atoms with Gasteiger partial charge in [0, 0.05) is 26.2 Å². The van der Waals surface area contributed by atoms with Crippen LogP contribution < -0.4 is 0 Å². The second kappa shape index (κ2) is 14.4. The Morgan fingerprint density at radius 1 is 0.500 bits per heavy atom. The van der Waals surface area contributed by atoms with Crippen LogP contribution in [0, 0.1) is 0 Å². The van der Waals surface area contributed by atoms with Crippen molar-refractivity contribution in [3.8, 4) is 0 Å². The lowest BCUT2D eigenvalue weighted by atomic mass is 10.3. The van der Waals surface area contributed by atoms with Crippen molar-refractivity contribution in [1.82, 2.24) is 19.6 Å². The lowest BCUT2D eigenvalue weighted by molar-refractivity contribution is 0.139. The molecule has 0 aromatic rings. The third kappa shape index (κ3) is 13.4. The largest absolute Gasteiger partial charge is 0.395 e. The molecule has 0 fully saturated rings. The van der Waals surface area contributed by atoms with E-state index in [9.17, 15) is 0 Å². The Balaban J connectivity index is 4.17. The van der Waals surface area contributed by atoms with Crippen molar-refractivity contribution < 1.29 is 10.2 Å². The zero-order valence-corrected chi connectivity index (χ0v) is 15.2. The van der Waals surface area contributed by atoms with Crippen LogP contribution in [-0.2, 0) is 0 Å². The summed E-state index contributed by atoms with van der Waals surface area (Å²) in [5.74, 6) is 0. The summed E-state index contributed by atoms with van der Waals surface area (Å²) in [6, 6.07) is 0. The Hall–Kier alpha value is -0.240. The topological polar surface area (TPSA) is 53.4 Å². The Morgan fingerprint density at radius 2 is 0.864 bits per heavy atom. The molecule has 0 saturated carbocycles. The van der Waals surface area contributed by atoms with Crippen molar-refractivity contribution in [2.24, 2.45) is 0 Å². The van der Waals surface area contributed by atoms with Crippen LogP contribution in [0.5, 0.6) is 0 Å². The smallest absolute Gasteiger partial charge is 0.0558 e. The summed E-state index contributed by atoms with van der Waals surface area (Å²) in [7, 11) is 8.45. The molecule has 0 aliphatic carbocycles. The van der Waals surface area contributed by atoms with Gasteiger partial charge < -0.3 is 24.9 Å². The molecule has 0 atom stereocenters. The molecule has 6 nitrogen and oxygen atoms in total. The van der Waals surface area contributed by atoms with E-state index in [0.717, 1.165) is 39.3 Å². The molecule has 22 heavy (non-hydrogen) atoms. The van der Waals surface area contributed by atoms with E-state index in [0.29, 0.717) is 13.1 Å². The maximum Gasteiger partial charge on any atom is 0.0558 e. The van der Waals surface area contributed by atoms with Crippen molar-refractivity contribution in [2.75, 3.05) is 93.8 Å². The van der Waals surface area contributed by atoms with Crippen LogP contribution in [0.2, 0.25) is 0 Å². The molecule has 0 aliphatic rings. The summed E-state index contributed by atoms with van der Waals surface area (Å²) in [6.45, 7) is 7.94. The Morgan fingerprint density at radius 3 is 1.18 bits per heavy atom. The minimum Gasteiger partial charge on any atom is -0.395 e. The second-order valence-corrected chi connectivity index (χ2v) is 6.44. The van der Waals surface area contributed by atoms with Gasteiger partial charge in [-0.25, -0.2) is 0 Å². The van der Waals surface area contributed by atoms with Gasteiger partial charge in [-0.15, -0.1) is 0 Å². The van der Waals surface area contributed by atoms with Crippen LogP contribution in [0.1, 0.15) is 12.8 Å². The lowest BCUT2D eigenvalue weighted by Gasteiger charge is -2.27. The molecule has 134 valence electrons. The molecule has 0 amide bonds. The van der Waals surface area contributed by atoms with Gasteiger partial charge in [-0.1, -0.05) is 0 Å². The number of hydrogen-bond acceptors (Lipinski definition) is 6. The third-order valence-corrected chi connectivity index (χ3v) is 3.72. The number of aliphatic hydroxyl groups excluding tert-OH is 2. The fourth-order valence-corrected chi connectivity index (χ4v) is 2.46. The van der Waals surface area contributed by atoms with E-state index in [2.05, 4.69) is 47.8 Å². The van der Waals surface area contributed by atoms with Gasteiger partial charge in [0.2, 0.25) is 0 Å². The molecule has 6 heteroatoms. The minimum absolute atomic E-state index is 0.154. The Labute approximate surface area is 137 Å². The van der Waals surface area contributed by atoms with E-state index in [4.69, 9.17) is 10.2 Å². The van der Waals surface area contributed by atoms with E-state index in [-0.39, 0.29) is 13.2 Å². The van der Waals surface area contributed by atoms with Gasteiger partial charge in [-0.3, -0.25) is 4.90 Å². The molecule has 0 aliphatic heterocycles. The fraction of sp³-hybridized carbons (Fsp3) is 1.00. The van der Waals surface area contributed by atoms with E-state index in [1.165, 1.54) is 12.8 Å². The molecule has 0 heterocycles. The van der Waals surface area contributed by atoms with E-state index in [1.807, 2.05) is 0 Å². The molecule has 0 aromatic heterocycles. The number of hydrogen-bond donors (Lipinski definition) is 2. The summed E-state index contributed by atoms with van der Waals surface area (Å²) in [5.41, 5.74) is 0. The second-order valence-electron chi connectivity index (χ2n) is 6.44. The zero-order chi connectivity index (χ0) is 16.8. The molecule has 0 spiro atoms. The lowest BCUT2D eigenvalue weighted by Crippen LogP contribution is -2.39. The van der Waals surface area contributed by atoms with Crippen molar-refractivity contribution in [3.63, 3.8) is 0 Å². The summed E-state index contributed by atoms with van der Waals surface area (Å²) in [6.07, 6.45) is 2.35. The zero-order valence-electron chi connectivity index (χ0n) is 15.2. The Kier molecular flexibility index (Phi) is 14.2. The standard InChI is InChI=1S/C16H38N4O2/c1-17(2)7-5-9-19(10-6-8-18(3)4)11-12-20(13-15-21)14-16-22/h21-22H,5-16H2,1-4H3. The number of rotatable bonds is 15. The van der Waals surface area contributed by atoms with Gasteiger partial charge in [-0.05, 0) is 67.2 Å². The third-order valence-electron chi connectivity index (χ3n) is 3.72. The van der Waals surface area contributed by atoms with Crippen molar-refractivity contribution in [1.29, 1.82) is 0 Å². The van der Waals surface area contributed by atoms with Gasteiger partial charge in [-0.2, -0.15) is 0 Å². The maximum absolute atomic E-state index is 9.09. The maximum atomic E-state index is 9.09. The SMILES string of the molecule is CN(C)CCCN(CCCN(C)C)CCN(CCO)CCO. The predicted molar refractivity (Wildman–Crippen MR) is 93.4 cm³/mol. The van der Waals surface area contributed by atoms with E-state index < -0.39 is 0 Å². The van der Waals surface area contributed by atoms with Gasteiger partial charge in [0.25, 0.3) is 0 Å². The molecular weight excluding hydrogens is 280 g/mol. The van der Waals surface area contributed by atoms with Crippen LogP contribution in [0.25, 0.3) is 0 Å². The first-order valence-corrected chi connectivity index (χ1v) is 8.45. The molecule has 0 rings (SSSR count). The van der Waals surface area contributed by atoms with Crippen LogP contribution in [0.15, 0.2) is 0 Å². The van der Waals surface area contributed by atoms with Crippen molar-refractivity contribution in [3.05, 3.63) is 0 Å². The minimum atomic E-state index is 0.154. The van der Waals surface area contributed by atoms with Crippen LogP contribution >= 0.6 is 0 Å². The molecule has 0 saturated heterocycles. The van der Waals surface area contributed by atoms with Gasteiger partial charge >= 0.3 is 0 Å². The number of aliphatic hydroxyl groups is 2. The quantitative estimate of drug-likeness (QED) is 0.424. The Bertz CT molecular complexity index is 220. The average molecular weight is 319 g/mol. The molecule has 0 aromatic carbocycles. The van der Waals surface area contributed by atoms with Gasteiger partial charge in [0.15, 0.2) is 0 Å². The van der Waals surface area contributed by atoms with Crippen LogP contribution in [0.3, 0.4) is 0 Å². The van der Waals surface area contributed by atoms with Gasteiger partial charge in [0.05, 0.1) is 13.2 Å². The van der Waals surface area contributed by atoms with Crippen LogP contribution in [0.4, 0.5) is 0 Å². The monoisotopic (exact) mass is 318 g/mol. The molecule has 0 unspecified atom stereocenters.